The molecule has 2 saturated heterocycles. The van der Waals surface area contributed by atoms with Crippen molar-refractivity contribution in [2.75, 3.05) is 32.8 Å². The number of nitrogens with zero attached hydrogens (tertiary/aromatic N) is 3. The zero-order valence-electron chi connectivity index (χ0n) is 9.89. The van der Waals surface area contributed by atoms with Crippen molar-refractivity contribution in [3.05, 3.63) is 16.9 Å². The molecule has 0 spiro atoms. The molecule has 0 atom stereocenters. The highest BCUT2D eigenvalue weighted by Crippen LogP contribution is 2.25. The van der Waals surface area contributed by atoms with Gasteiger partial charge < -0.3 is 4.74 Å². The third-order valence-corrected chi connectivity index (χ3v) is 4.15. The van der Waals surface area contributed by atoms with Crippen LogP contribution in [0.15, 0.2) is 16.9 Å². The molecule has 3 rings (SSSR count). The van der Waals surface area contributed by atoms with Crippen molar-refractivity contribution in [3.63, 3.8) is 0 Å². The van der Waals surface area contributed by atoms with Gasteiger partial charge in [0.2, 0.25) is 0 Å². The van der Waals surface area contributed by atoms with Gasteiger partial charge in [-0.15, -0.1) is 0 Å². The lowest BCUT2D eigenvalue weighted by atomic mass is 9.97. The average Bonchev–Trinajstić information content (AvgIpc) is 2.71. The van der Waals surface area contributed by atoms with E-state index in [0.29, 0.717) is 6.04 Å². The Balaban J connectivity index is 1.45. The molecule has 0 unspecified atom stereocenters. The van der Waals surface area contributed by atoms with Gasteiger partial charge in [-0.2, -0.15) is 5.10 Å². The smallest absolute Gasteiger partial charge is 0.0773 e. The highest BCUT2D eigenvalue weighted by atomic mass is 79.9. The number of aromatic nitrogens is 2. The van der Waals surface area contributed by atoms with Gasteiger partial charge in [0, 0.05) is 39.0 Å². The maximum atomic E-state index is 5.39. The summed E-state index contributed by atoms with van der Waals surface area (Å²) in [6.45, 7) is 5.43. The Kier molecular flexibility index (Phi) is 3.49. The van der Waals surface area contributed by atoms with Gasteiger partial charge in [0.1, 0.15) is 0 Å². The quantitative estimate of drug-likeness (QED) is 0.854. The molecule has 0 saturated carbocycles. The molecule has 0 radical (unpaired) electrons. The molecule has 2 fully saturated rings. The Labute approximate surface area is 110 Å². The van der Waals surface area contributed by atoms with Crippen molar-refractivity contribution in [2.45, 2.75) is 18.9 Å². The van der Waals surface area contributed by atoms with Crippen LogP contribution in [0.2, 0.25) is 0 Å². The average molecular weight is 300 g/mol. The van der Waals surface area contributed by atoms with Crippen molar-refractivity contribution < 1.29 is 4.74 Å². The monoisotopic (exact) mass is 299 g/mol. The number of ether oxygens (including phenoxy) is 1. The molecule has 0 N–H and O–H groups in total. The van der Waals surface area contributed by atoms with Crippen LogP contribution in [0.25, 0.3) is 0 Å². The lowest BCUT2D eigenvalue weighted by Crippen LogP contribution is -2.50. The van der Waals surface area contributed by atoms with Crippen LogP contribution in [-0.2, 0) is 4.74 Å². The van der Waals surface area contributed by atoms with Gasteiger partial charge >= 0.3 is 0 Å². The first-order valence-corrected chi connectivity index (χ1v) is 7.10. The summed E-state index contributed by atoms with van der Waals surface area (Å²) in [7, 11) is 0. The van der Waals surface area contributed by atoms with Crippen LogP contribution < -0.4 is 0 Å². The predicted molar refractivity (Wildman–Crippen MR) is 68.9 cm³/mol. The number of halogens is 1. The van der Waals surface area contributed by atoms with E-state index < -0.39 is 0 Å². The van der Waals surface area contributed by atoms with E-state index >= 15 is 0 Å². The molecule has 94 valence electrons. The molecule has 1 aromatic heterocycles. The molecule has 1 aromatic rings. The summed E-state index contributed by atoms with van der Waals surface area (Å²) in [6.07, 6.45) is 6.39. The summed E-state index contributed by atoms with van der Waals surface area (Å²) in [4.78, 5) is 2.54. The second kappa shape index (κ2) is 5.08. The third-order valence-electron chi connectivity index (χ3n) is 3.74. The first-order chi connectivity index (χ1) is 8.31. The maximum absolute atomic E-state index is 5.39. The maximum Gasteiger partial charge on any atom is 0.0773 e. The number of rotatable bonds is 3. The molecule has 0 amide bonds. The number of hydrogen-bond acceptors (Lipinski definition) is 3. The zero-order valence-corrected chi connectivity index (χ0v) is 11.5. The minimum Gasteiger partial charge on any atom is -0.381 e. The van der Waals surface area contributed by atoms with Crippen LogP contribution in [0.4, 0.5) is 0 Å². The zero-order chi connectivity index (χ0) is 11.7. The summed E-state index contributed by atoms with van der Waals surface area (Å²) < 4.78 is 8.53. The molecule has 4 nitrogen and oxygen atoms in total. The summed E-state index contributed by atoms with van der Waals surface area (Å²) in [5, 5.41) is 4.34. The summed E-state index contributed by atoms with van der Waals surface area (Å²) in [5.74, 6) is 0.842. The largest absolute Gasteiger partial charge is 0.381 e. The van der Waals surface area contributed by atoms with Crippen molar-refractivity contribution in [1.82, 2.24) is 14.7 Å². The minimum atomic E-state index is 0.571. The Bertz CT molecular complexity index is 370. The van der Waals surface area contributed by atoms with E-state index in [-0.39, 0.29) is 0 Å². The number of hydrogen-bond donors (Lipinski definition) is 0. The lowest BCUT2D eigenvalue weighted by Gasteiger charge is -2.41. The lowest BCUT2D eigenvalue weighted by molar-refractivity contribution is 0.0256. The van der Waals surface area contributed by atoms with Gasteiger partial charge in [-0.25, -0.2) is 0 Å². The molecule has 5 heteroatoms. The molecule has 0 aromatic carbocycles. The predicted octanol–water partition coefficient (Wildman–Crippen LogP) is 1.93. The highest BCUT2D eigenvalue weighted by molar-refractivity contribution is 9.10. The molecule has 0 aliphatic carbocycles. The van der Waals surface area contributed by atoms with Crippen molar-refractivity contribution in [2.24, 2.45) is 5.92 Å². The SMILES string of the molecule is Brc1cnn(C2CN(CC3CCOCC3)C2)c1. The second-order valence-electron chi connectivity index (χ2n) is 5.07. The van der Waals surface area contributed by atoms with E-state index in [1.54, 1.807) is 0 Å². The van der Waals surface area contributed by atoms with E-state index in [2.05, 4.69) is 36.8 Å². The summed E-state index contributed by atoms with van der Waals surface area (Å²) >= 11 is 3.44. The molecule has 2 aliphatic rings. The van der Waals surface area contributed by atoms with Crippen LogP contribution in [0.5, 0.6) is 0 Å². The van der Waals surface area contributed by atoms with Crippen LogP contribution in [0.1, 0.15) is 18.9 Å². The normalized spacial score (nSPS) is 23.8. The van der Waals surface area contributed by atoms with E-state index in [9.17, 15) is 0 Å². The standard InChI is InChI=1S/C12H18BrN3O/c13-11-5-14-16(7-11)12-8-15(9-12)6-10-1-3-17-4-2-10/h5,7,10,12H,1-4,6,8-9H2. The highest BCUT2D eigenvalue weighted by Gasteiger charge is 2.30. The minimum absolute atomic E-state index is 0.571. The van der Waals surface area contributed by atoms with E-state index in [1.165, 1.54) is 19.4 Å². The molecule has 0 bridgehead atoms. The van der Waals surface area contributed by atoms with Crippen LogP contribution in [0, 0.1) is 5.92 Å². The van der Waals surface area contributed by atoms with Crippen LogP contribution in [-0.4, -0.2) is 47.5 Å². The third kappa shape index (κ3) is 2.72. The van der Waals surface area contributed by atoms with Gasteiger partial charge in [0.05, 0.1) is 16.7 Å². The molecular weight excluding hydrogens is 282 g/mol. The molecule has 2 aliphatic heterocycles. The van der Waals surface area contributed by atoms with E-state index in [4.69, 9.17) is 4.74 Å². The molecule has 17 heavy (non-hydrogen) atoms. The van der Waals surface area contributed by atoms with Crippen LogP contribution >= 0.6 is 15.9 Å². The molecule has 3 heterocycles. The van der Waals surface area contributed by atoms with Gasteiger partial charge in [-0.1, -0.05) is 0 Å². The van der Waals surface area contributed by atoms with E-state index in [0.717, 1.165) is 36.7 Å². The van der Waals surface area contributed by atoms with Gasteiger partial charge in [-0.3, -0.25) is 9.58 Å². The van der Waals surface area contributed by atoms with Crippen molar-refractivity contribution >= 4 is 15.9 Å². The summed E-state index contributed by atoms with van der Waals surface area (Å²) in [6, 6.07) is 0.571. The van der Waals surface area contributed by atoms with Gasteiger partial charge in [0.25, 0.3) is 0 Å². The topological polar surface area (TPSA) is 30.3 Å². The van der Waals surface area contributed by atoms with E-state index in [1.807, 2.05) is 6.20 Å². The number of likely N-dealkylation sites (tertiary alicyclic amines) is 1. The Hall–Kier alpha value is -0.390. The fourth-order valence-electron chi connectivity index (χ4n) is 2.67. The first-order valence-electron chi connectivity index (χ1n) is 6.31. The fraction of sp³-hybridized carbons (Fsp3) is 0.750. The van der Waals surface area contributed by atoms with Crippen molar-refractivity contribution in [3.8, 4) is 0 Å². The van der Waals surface area contributed by atoms with Crippen molar-refractivity contribution in [1.29, 1.82) is 0 Å². The summed E-state index contributed by atoms with van der Waals surface area (Å²) in [5.41, 5.74) is 0. The Morgan fingerprint density at radius 3 is 2.76 bits per heavy atom. The fourth-order valence-corrected chi connectivity index (χ4v) is 2.97. The first kappa shape index (κ1) is 11.7. The molecular formula is C12H18BrN3O. The second-order valence-corrected chi connectivity index (χ2v) is 5.98. The Morgan fingerprint density at radius 1 is 1.35 bits per heavy atom. The van der Waals surface area contributed by atoms with Crippen LogP contribution in [0.3, 0.4) is 0 Å². The van der Waals surface area contributed by atoms with Gasteiger partial charge in [-0.05, 0) is 34.7 Å². The Morgan fingerprint density at radius 2 is 2.12 bits per heavy atom. The van der Waals surface area contributed by atoms with Gasteiger partial charge in [0.15, 0.2) is 0 Å².